The number of aliphatic hydroxyl groups excluding tert-OH is 1. The minimum Gasteiger partial charge on any atom is -0.452 e. The average molecular weight is 268 g/mol. The van der Waals surface area contributed by atoms with E-state index in [-0.39, 0.29) is 0 Å². The van der Waals surface area contributed by atoms with Crippen molar-refractivity contribution < 1.29 is 9.52 Å². The number of rotatable bonds is 3. The summed E-state index contributed by atoms with van der Waals surface area (Å²) in [6.45, 7) is 0. The topological polar surface area (TPSA) is 46.3 Å². The first-order valence-corrected chi connectivity index (χ1v) is 5.38. The van der Waals surface area contributed by atoms with E-state index in [1.54, 1.807) is 18.3 Å². The third-order valence-electron chi connectivity index (χ3n) is 2.05. The second-order valence-corrected chi connectivity index (χ2v) is 3.96. The molecule has 2 aromatic heterocycles. The van der Waals surface area contributed by atoms with Gasteiger partial charge in [0.2, 0.25) is 0 Å². The molecule has 0 aliphatic carbocycles. The molecule has 0 amide bonds. The van der Waals surface area contributed by atoms with Crippen LogP contribution in [-0.2, 0) is 6.42 Å². The lowest BCUT2D eigenvalue weighted by Gasteiger charge is -2.06. The summed E-state index contributed by atoms with van der Waals surface area (Å²) in [5.74, 6) is 0.549. The summed E-state index contributed by atoms with van der Waals surface area (Å²) in [6.07, 6.45) is 1.52. The van der Waals surface area contributed by atoms with Crippen molar-refractivity contribution in [2.45, 2.75) is 12.5 Å². The molecule has 1 unspecified atom stereocenters. The Bertz CT molecular complexity index is 427. The predicted octanol–water partition coefficient (Wildman–Crippen LogP) is 2.71. The smallest absolute Gasteiger partial charge is 0.169 e. The molecule has 1 atom stereocenters. The summed E-state index contributed by atoms with van der Waals surface area (Å²) in [6, 6.07) is 9.13. The van der Waals surface area contributed by atoms with Gasteiger partial charge < -0.3 is 9.52 Å². The molecule has 3 nitrogen and oxygen atoms in total. The van der Waals surface area contributed by atoms with Crippen LogP contribution in [0.15, 0.2) is 45.6 Å². The Morgan fingerprint density at radius 3 is 2.80 bits per heavy atom. The standard InChI is InChI=1S/C11H10BrNO2/c12-11-5-4-10(15-11)9(14)7-8-3-1-2-6-13-8/h1-6,9,14H,7H2. The number of hydrogen-bond acceptors (Lipinski definition) is 3. The molecule has 0 aromatic carbocycles. The van der Waals surface area contributed by atoms with Gasteiger partial charge in [0.15, 0.2) is 4.67 Å². The second kappa shape index (κ2) is 4.59. The van der Waals surface area contributed by atoms with E-state index in [1.165, 1.54) is 0 Å². The van der Waals surface area contributed by atoms with Crippen LogP contribution in [0, 0.1) is 0 Å². The fourth-order valence-electron chi connectivity index (χ4n) is 1.32. The Morgan fingerprint density at radius 2 is 2.20 bits per heavy atom. The lowest BCUT2D eigenvalue weighted by atomic mass is 10.1. The summed E-state index contributed by atoms with van der Waals surface area (Å²) in [5, 5.41) is 9.83. The average Bonchev–Trinajstić information content (AvgIpc) is 2.66. The Kier molecular flexibility index (Phi) is 3.18. The van der Waals surface area contributed by atoms with E-state index in [0.717, 1.165) is 5.69 Å². The molecule has 2 rings (SSSR count). The lowest BCUT2D eigenvalue weighted by Crippen LogP contribution is -2.01. The zero-order valence-corrected chi connectivity index (χ0v) is 9.52. The van der Waals surface area contributed by atoms with Crippen LogP contribution in [0.4, 0.5) is 0 Å². The molecule has 2 aromatic rings. The number of pyridine rings is 1. The summed E-state index contributed by atoms with van der Waals surface area (Å²) in [7, 11) is 0. The molecule has 1 N–H and O–H groups in total. The maximum absolute atomic E-state index is 9.83. The molecule has 4 heteroatoms. The SMILES string of the molecule is OC(Cc1ccccn1)c1ccc(Br)o1. The number of halogens is 1. The summed E-state index contributed by atoms with van der Waals surface area (Å²) in [5.41, 5.74) is 0.845. The van der Waals surface area contributed by atoms with E-state index in [2.05, 4.69) is 20.9 Å². The van der Waals surface area contributed by atoms with Gasteiger partial charge >= 0.3 is 0 Å². The Balaban J connectivity index is 2.07. The largest absolute Gasteiger partial charge is 0.452 e. The van der Waals surface area contributed by atoms with Crippen LogP contribution in [0.25, 0.3) is 0 Å². The van der Waals surface area contributed by atoms with Gasteiger partial charge in [0.1, 0.15) is 11.9 Å². The van der Waals surface area contributed by atoms with Gasteiger partial charge in [0.05, 0.1) is 0 Å². The van der Waals surface area contributed by atoms with Crippen LogP contribution in [-0.4, -0.2) is 10.1 Å². The molecule has 0 aliphatic heterocycles. The first-order valence-electron chi connectivity index (χ1n) is 4.59. The van der Waals surface area contributed by atoms with Gasteiger partial charge in [-0.3, -0.25) is 4.98 Å². The maximum Gasteiger partial charge on any atom is 0.169 e. The lowest BCUT2D eigenvalue weighted by molar-refractivity contribution is 0.147. The molecule has 15 heavy (non-hydrogen) atoms. The fraction of sp³-hybridized carbons (Fsp3) is 0.182. The van der Waals surface area contributed by atoms with Crippen molar-refractivity contribution in [1.82, 2.24) is 4.98 Å². The molecule has 0 bridgehead atoms. The number of furan rings is 1. The summed E-state index contributed by atoms with van der Waals surface area (Å²) in [4.78, 5) is 4.14. The van der Waals surface area contributed by atoms with Crippen LogP contribution in [0.1, 0.15) is 17.6 Å². The Hall–Kier alpha value is -1.13. The van der Waals surface area contributed by atoms with Gasteiger partial charge in [-0.15, -0.1) is 0 Å². The van der Waals surface area contributed by atoms with Gasteiger partial charge in [-0.1, -0.05) is 6.07 Å². The van der Waals surface area contributed by atoms with Crippen LogP contribution in [0.5, 0.6) is 0 Å². The quantitative estimate of drug-likeness (QED) is 0.930. The van der Waals surface area contributed by atoms with Gasteiger partial charge in [0, 0.05) is 18.3 Å². The molecular weight excluding hydrogens is 258 g/mol. The number of aromatic nitrogens is 1. The van der Waals surface area contributed by atoms with Crippen molar-refractivity contribution in [3.8, 4) is 0 Å². The normalized spacial score (nSPS) is 12.7. The van der Waals surface area contributed by atoms with Gasteiger partial charge in [-0.25, -0.2) is 0 Å². The molecule has 2 heterocycles. The van der Waals surface area contributed by atoms with Crippen molar-refractivity contribution in [3.63, 3.8) is 0 Å². The van der Waals surface area contributed by atoms with E-state index in [4.69, 9.17) is 4.42 Å². The van der Waals surface area contributed by atoms with Crippen LogP contribution >= 0.6 is 15.9 Å². The Labute approximate surface area is 95.9 Å². The minimum absolute atomic E-state index is 0.459. The monoisotopic (exact) mass is 267 g/mol. The molecule has 0 spiro atoms. The maximum atomic E-state index is 9.83. The fourth-order valence-corrected chi connectivity index (χ4v) is 1.64. The van der Waals surface area contributed by atoms with E-state index < -0.39 is 6.10 Å². The van der Waals surface area contributed by atoms with Crippen molar-refractivity contribution in [2.24, 2.45) is 0 Å². The van der Waals surface area contributed by atoms with Crippen LogP contribution in [0.3, 0.4) is 0 Å². The number of aliphatic hydroxyl groups is 1. The van der Waals surface area contributed by atoms with Crippen molar-refractivity contribution in [2.75, 3.05) is 0 Å². The van der Waals surface area contributed by atoms with Crippen LogP contribution < -0.4 is 0 Å². The predicted molar refractivity (Wildman–Crippen MR) is 59.3 cm³/mol. The minimum atomic E-state index is -0.647. The first kappa shape index (κ1) is 10.4. The second-order valence-electron chi connectivity index (χ2n) is 3.18. The van der Waals surface area contributed by atoms with E-state index in [0.29, 0.717) is 16.9 Å². The molecule has 78 valence electrons. The van der Waals surface area contributed by atoms with Crippen molar-refractivity contribution in [1.29, 1.82) is 0 Å². The number of hydrogen-bond donors (Lipinski definition) is 1. The summed E-state index contributed by atoms with van der Waals surface area (Å²) < 4.78 is 5.88. The summed E-state index contributed by atoms with van der Waals surface area (Å²) >= 11 is 3.19. The highest BCUT2D eigenvalue weighted by Crippen LogP contribution is 2.22. The third kappa shape index (κ3) is 2.67. The van der Waals surface area contributed by atoms with Gasteiger partial charge in [0.25, 0.3) is 0 Å². The van der Waals surface area contributed by atoms with E-state index >= 15 is 0 Å². The molecular formula is C11H10BrNO2. The zero-order chi connectivity index (χ0) is 10.7. The zero-order valence-electron chi connectivity index (χ0n) is 7.93. The molecule has 0 saturated carbocycles. The highest BCUT2D eigenvalue weighted by Gasteiger charge is 2.12. The van der Waals surface area contributed by atoms with Crippen molar-refractivity contribution >= 4 is 15.9 Å². The molecule has 0 fully saturated rings. The Morgan fingerprint density at radius 1 is 1.33 bits per heavy atom. The molecule has 0 saturated heterocycles. The molecule has 0 aliphatic rings. The van der Waals surface area contributed by atoms with E-state index in [1.807, 2.05) is 18.2 Å². The van der Waals surface area contributed by atoms with Gasteiger partial charge in [-0.2, -0.15) is 0 Å². The van der Waals surface area contributed by atoms with Gasteiger partial charge in [-0.05, 0) is 40.2 Å². The van der Waals surface area contributed by atoms with E-state index in [9.17, 15) is 5.11 Å². The first-order chi connectivity index (χ1) is 7.25. The molecule has 0 radical (unpaired) electrons. The highest BCUT2D eigenvalue weighted by molar-refractivity contribution is 9.10. The number of nitrogens with zero attached hydrogens (tertiary/aromatic N) is 1. The van der Waals surface area contributed by atoms with Crippen LogP contribution in [0.2, 0.25) is 0 Å². The third-order valence-corrected chi connectivity index (χ3v) is 2.48. The van der Waals surface area contributed by atoms with Crippen molar-refractivity contribution in [3.05, 3.63) is 52.7 Å². The highest BCUT2D eigenvalue weighted by atomic mass is 79.9.